The fraction of sp³-hybridized carbons (Fsp3) is 0.345. The Kier molecular flexibility index (Phi) is 10.2. The molecule has 2 aromatic carbocycles. The maximum Gasteiger partial charge on any atom is 0.270 e. The second-order valence-corrected chi connectivity index (χ2v) is 9.03. The van der Waals surface area contributed by atoms with Crippen molar-refractivity contribution >= 4 is 11.8 Å². The van der Waals surface area contributed by atoms with Crippen LogP contribution in [0.3, 0.4) is 0 Å². The molecule has 0 unspecified atom stereocenters. The normalized spacial score (nSPS) is 11.1. The van der Waals surface area contributed by atoms with Crippen LogP contribution in [0.5, 0.6) is 0 Å². The average Bonchev–Trinajstić information content (AvgIpc) is 2.88. The van der Waals surface area contributed by atoms with Crippen molar-refractivity contribution in [3.05, 3.63) is 100 Å². The smallest absolute Gasteiger partial charge is 0.270 e. The van der Waals surface area contributed by atoms with E-state index in [0.29, 0.717) is 26.3 Å². The minimum Gasteiger partial charge on any atom is -0.374 e. The van der Waals surface area contributed by atoms with E-state index in [1.54, 1.807) is 18.2 Å². The van der Waals surface area contributed by atoms with Crippen LogP contribution in [0.15, 0.2) is 66.7 Å². The van der Waals surface area contributed by atoms with Gasteiger partial charge in [0.05, 0.1) is 25.4 Å². The van der Waals surface area contributed by atoms with Gasteiger partial charge in [0.2, 0.25) is 0 Å². The van der Waals surface area contributed by atoms with E-state index in [4.69, 9.17) is 9.47 Å². The van der Waals surface area contributed by atoms with Crippen LogP contribution in [0.1, 0.15) is 70.9 Å². The van der Waals surface area contributed by atoms with Crippen molar-refractivity contribution in [1.82, 2.24) is 15.6 Å². The molecule has 0 aliphatic carbocycles. The molecule has 0 atom stereocenters. The Balaban J connectivity index is 1.60. The first kappa shape index (κ1) is 27.0. The summed E-state index contributed by atoms with van der Waals surface area (Å²) in [4.78, 5) is 29.8. The first-order chi connectivity index (χ1) is 17.3. The number of rotatable bonds is 12. The molecular formula is C29H35N3O4. The number of benzene rings is 2. The molecule has 2 amide bonds. The van der Waals surface area contributed by atoms with Crippen molar-refractivity contribution in [2.45, 2.75) is 66.2 Å². The van der Waals surface area contributed by atoms with Crippen molar-refractivity contribution in [2.75, 3.05) is 0 Å². The number of amides is 2. The maximum atomic E-state index is 12.8. The number of aromatic nitrogens is 1. The summed E-state index contributed by atoms with van der Waals surface area (Å²) in [5, 5.41) is 5.79. The summed E-state index contributed by atoms with van der Waals surface area (Å²) in [5.41, 5.74) is 4.35. The molecule has 7 heteroatoms. The van der Waals surface area contributed by atoms with E-state index in [2.05, 4.69) is 15.6 Å². The summed E-state index contributed by atoms with van der Waals surface area (Å²) >= 11 is 0. The molecule has 7 nitrogen and oxygen atoms in total. The Morgan fingerprint density at radius 3 is 1.42 bits per heavy atom. The van der Waals surface area contributed by atoms with Crippen LogP contribution in [0, 0.1) is 0 Å². The van der Waals surface area contributed by atoms with Crippen molar-refractivity contribution in [1.29, 1.82) is 0 Å². The quantitative estimate of drug-likeness (QED) is 0.382. The highest BCUT2D eigenvalue weighted by Gasteiger charge is 2.14. The van der Waals surface area contributed by atoms with Crippen LogP contribution >= 0.6 is 0 Å². The SMILES string of the molecule is CC(C)OCc1ccccc1CNC(=O)c1cccc(C(=O)NCc2ccccc2COC(C)C)n1. The minimum atomic E-state index is -0.347. The predicted molar refractivity (Wildman–Crippen MR) is 139 cm³/mol. The standard InChI is InChI=1S/C29H35N3O4/c1-20(2)35-18-24-12-7-5-10-22(24)16-30-28(33)26-14-9-15-27(32-26)29(34)31-17-23-11-6-8-13-25(23)19-36-21(3)4/h5-15,20-21H,16-19H2,1-4H3,(H,30,33)(H,31,34). The number of nitrogens with one attached hydrogen (secondary N) is 2. The molecule has 0 saturated carbocycles. The molecule has 0 bridgehead atoms. The number of carbonyl (C=O) groups excluding carboxylic acids is 2. The van der Waals surface area contributed by atoms with Crippen LogP contribution in [0.2, 0.25) is 0 Å². The number of pyridine rings is 1. The van der Waals surface area contributed by atoms with Crippen LogP contribution in [0.4, 0.5) is 0 Å². The van der Waals surface area contributed by atoms with Crippen molar-refractivity contribution < 1.29 is 19.1 Å². The van der Waals surface area contributed by atoms with Gasteiger partial charge in [0.1, 0.15) is 11.4 Å². The van der Waals surface area contributed by atoms with Crippen LogP contribution in [-0.2, 0) is 35.8 Å². The van der Waals surface area contributed by atoms with E-state index in [0.717, 1.165) is 22.3 Å². The summed E-state index contributed by atoms with van der Waals surface area (Å²) in [5.74, 6) is -0.694. The zero-order valence-electron chi connectivity index (χ0n) is 21.4. The Morgan fingerprint density at radius 2 is 1.03 bits per heavy atom. The van der Waals surface area contributed by atoms with Gasteiger partial charge in [-0.2, -0.15) is 0 Å². The van der Waals surface area contributed by atoms with E-state index in [1.807, 2.05) is 76.2 Å². The van der Waals surface area contributed by atoms with Gasteiger partial charge >= 0.3 is 0 Å². The van der Waals surface area contributed by atoms with Gasteiger partial charge in [-0.25, -0.2) is 4.98 Å². The highest BCUT2D eigenvalue weighted by atomic mass is 16.5. The summed E-state index contributed by atoms with van der Waals surface area (Å²) in [6.45, 7) is 9.57. The Morgan fingerprint density at radius 1 is 0.639 bits per heavy atom. The molecular weight excluding hydrogens is 454 g/mol. The second-order valence-electron chi connectivity index (χ2n) is 9.03. The lowest BCUT2D eigenvalue weighted by atomic mass is 10.1. The van der Waals surface area contributed by atoms with Crippen molar-refractivity contribution in [3.8, 4) is 0 Å². The molecule has 190 valence electrons. The number of carbonyl (C=O) groups is 2. The maximum absolute atomic E-state index is 12.8. The zero-order valence-corrected chi connectivity index (χ0v) is 21.4. The first-order valence-electron chi connectivity index (χ1n) is 12.2. The molecule has 0 fully saturated rings. The van der Waals surface area contributed by atoms with Gasteiger partial charge < -0.3 is 20.1 Å². The molecule has 2 N–H and O–H groups in total. The predicted octanol–water partition coefficient (Wildman–Crippen LogP) is 4.79. The van der Waals surface area contributed by atoms with Gasteiger partial charge in [0.25, 0.3) is 11.8 Å². The van der Waals surface area contributed by atoms with Gasteiger partial charge in [-0.15, -0.1) is 0 Å². The van der Waals surface area contributed by atoms with Crippen LogP contribution < -0.4 is 10.6 Å². The fourth-order valence-electron chi connectivity index (χ4n) is 3.47. The van der Waals surface area contributed by atoms with E-state index in [1.165, 1.54) is 0 Å². The third-order valence-corrected chi connectivity index (χ3v) is 5.47. The van der Waals surface area contributed by atoms with Gasteiger partial charge in [0, 0.05) is 13.1 Å². The molecule has 1 aromatic heterocycles. The van der Waals surface area contributed by atoms with Crippen LogP contribution in [0.25, 0.3) is 0 Å². The first-order valence-corrected chi connectivity index (χ1v) is 12.2. The van der Waals surface area contributed by atoms with E-state index in [-0.39, 0.29) is 35.4 Å². The second kappa shape index (κ2) is 13.5. The highest BCUT2D eigenvalue weighted by Crippen LogP contribution is 2.13. The van der Waals surface area contributed by atoms with E-state index >= 15 is 0 Å². The molecule has 0 aliphatic rings. The molecule has 0 radical (unpaired) electrons. The lowest BCUT2D eigenvalue weighted by Crippen LogP contribution is -2.27. The summed E-state index contributed by atoms with van der Waals surface area (Å²) in [7, 11) is 0. The van der Waals surface area contributed by atoms with Gasteiger partial charge in [0.15, 0.2) is 0 Å². The molecule has 0 spiro atoms. The van der Waals surface area contributed by atoms with Crippen molar-refractivity contribution in [3.63, 3.8) is 0 Å². The van der Waals surface area contributed by atoms with Gasteiger partial charge in [-0.1, -0.05) is 54.6 Å². The Bertz CT molecular complexity index is 1070. The molecule has 0 saturated heterocycles. The number of nitrogens with zero attached hydrogens (tertiary/aromatic N) is 1. The van der Waals surface area contributed by atoms with Crippen LogP contribution in [-0.4, -0.2) is 29.0 Å². The molecule has 3 aromatic rings. The van der Waals surface area contributed by atoms with Gasteiger partial charge in [-0.3, -0.25) is 9.59 Å². The summed E-state index contributed by atoms with van der Waals surface area (Å²) in [6, 6.07) is 20.5. The van der Waals surface area contributed by atoms with E-state index in [9.17, 15) is 9.59 Å². The average molecular weight is 490 g/mol. The Labute approximate surface area is 213 Å². The third-order valence-electron chi connectivity index (χ3n) is 5.47. The molecule has 1 heterocycles. The molecule has 0 aliphatic heterocycles. The Hall–Kier alpha value is -3.55. The summed E-state index contributed by atoms with van der Waals surface area (Å²) in [6.07, 6.45) is 0.236. The van der Waals surface area contributed by atoms with Gasteiger partial charge in [-0.05, 0) is 62.1 Å². The molecule has 3 rings (SSSR count). The minimum absolute atomic E-state index is 0.118. The topological polar surface area (TPSA) is 89.5 Å². The molecule has 36 heavy (non-hydrogen) atoms. The largest absolute Gasteiger partial charge is 0.374 e. The zero-order chi connectivity index (χ0) is 25.9. The van der Waals surface area contributed by atoms with E-state index < -0.39 is 0 Å². The number of ether oxygens (including phenoxy) is 2. The van der Waals surface area contributed by atoms with Crippen molar-refractivity contribution in [2.24, 2.45) is 0 Å². The monoisotopic (exact) mass is 489 g/mol. The number of hydrogen-bond acceptors (Lipinski definition) is 5. The highest BCUT2D eigenvalue weighted by molar-refractivity contribution is 5.96. The lowest BCUT2D eigenvalue weighted by Gasteiger charge is -2.13. The lowest BCUT2D eigenvalue weighted by molar-refractivity contribution is 0.0650. The summed E-state index contributed by atoms with van der Waals surface area (Å²) < 4.78 is 11.4. The fourth-order valence-corrected chi connectivity index (χ4v) is 3.47. The third kappa shape index (κ3) is 8.29. The number of hydrogen-bond donors (Lipinski definition) is 2.